The van der Waals surface area contributed by atoms with Crippen molar-refractivity contribution in [3.63, 3.8) is 0 Å². The first-order valence-corrected chi connectivity index (χ1v) is 9.12. The highest BCUT2D eigenvalue weighted by atomic mass is 32.1. The molecule has 0 radical (unpaired) electrons. The summed E-state index contributed by atoms with van der Waals surface area (Å²) < 4.78 is 5.75. The van der Waals surface area contributed by atoms with Crippen LogP contribution >= 0.6 is 11.3 Å². The van der Waals surface area contributed by atoms with Gasteiger partial charge in [-0.2, -0.15) is 0 Å². The van der Waals surface area contributed by atoms with Crippen LogP contribution in [0.3, 0.4) is 0 Å². The van der Waals surface area contributed by atoms with Gasteiger partial charge in [-0.15, -0.1) is 11.3 Å². The fraction of sp³-hybridized carbons (Fsp3) is 0.444. The van der Waals surface area contributed by atoms with Crippen molar-refractivity contribution in [3.05, 3.63) is 46.3 Å². The number of morpholine rings is 1. The molecule has 0 saturated carbocycles. The topological polar surface area (TPSA) is 54.5 Å². The number of anilines is 1. The predicted octanol–water partition coefficient (Wildman–Crippen LogP) is 2.62. The van der Waals surface area contributed by atoms with Gasteiger partial charge in [0.25, 0.3) is 0 Å². The Morgan fingerprint density at radius 3 is 2.75 bits per heavy atom. The SMILES string of the molecule is CC1CN(c2ccc(CNC(=O)Cc3cccs3)cn2)CC(C)O1. The number of amides is 1. The second-order valence-corrected chi connectivity index (χ2v) is 7.25. The molecule has 1 N–H and O–H groups in total. The summed E-state index contributed by atoms with van der Waals surface area (Å²) in [6.07, 6.45) is 2.71. The Morgan fingerprint density at radius 2 is 2.12 bits per heavy atom. The zero-order valence-electron chi connectivity index (χ0n) is 14.1. The molecule has 0 aromatic carbocycles. The maximum absolute atomic E-state index is 11.9. The van der Waals surface area contributed by atoms with Crippen LogP contribution in [0, 0.1) is 0 Å². The fourth-order valence-electron chi connectivity index (χ4n) is 2.91. The van der Waals surface area contributed by atoms with E-state index in [1.807, 2.05) is 35.8 Å². The molecule has 2 aromatic heterocycles. The summed E-state index contributed by atoms with van der Waals surface area (Å²) in [6, 6.07) is 7.98. The van der Waals surface area contributed by atoms with E-state index in [2.05, 4.69) is 29.0 Å². The molecule has 1 aliphatic rings. The average Bonchev–Trinajstić information content (AvgIpc) is 3.05. The van der Waals surface area contributed by atoms with E-state index >= 15 is 0 Å². The third-order valence-corrected chi connectivity index (χ3v) is 4.83. The van der Waals surface area contributed by atoms with E-state index in [1.165, 1.54) is 0 Å². The summed E-state index contributed by atoms with van der Waals surface area (Å²) in [5.41, 5.74) is 1.01. The molecule has 1 amide bonds. The van der Waals surface area contributed by atoms with Crippen molar-refractivity contribution in [1.29, 1.82) is 0 Å². The molecule has 1 fully saturated rings. The van der Waals surface area contributed by atoms with Crippen LogP contribution in [0.1, 0.15) is 24.3 Å². The van der Waals surface area contributed by atoms with Crippen molar-refractivity contribution >= 4 is 23.1 Å². The molecule has 5 nitrogen and oxygen atoms in total. The number of carbonyl (C=O) groups is 1. The van der Waals surface area contributed by atoms with Gasteiger partial charge in [-0.25, -0.2) is 4.98 Å². The zero-order chi connectivity index (χ0) is 16.9. The van der Waals surface area contributed by atoms with Crippen molar-refractivity contribution < 1.29 is 9.53 Å². The monoisotopic (exact) mass is 345 g/mol. The van der Waals surface area contributed by atoms with E-state index in [-0.39, 0.29) is 18.1 Å². The van der Waals surface area contributed by atoms with E-state index in [9.17, 15) is 4.79 Å². The molecule has 6 heteroatoms. The van der Waals surface area contributed by atoms with Gasteiger partial charge in [0.05, 0.1) is 18.6 Å². The molecule has 3 heterocycles. The summed E-state index contributed by atoms with van der Waals surface area (Å²) >= 11 is 1.60. The Bertz CT molecular complexity index is 647. The number of rotatable bonds is 5. The van der Waals surface area contributed by atoms with Gasteiger partial charge in [0.1, 0.15) is 5.82 Å². The second kappa shape index (κ2) is 7.77. The first-order valence-electron chi connectivity index (χ1n) is 8.24. The molecule has 2 aromatic rings. The van der Waals surface area contributed by atoms with E-state index in [0.717, 1.165) is 29.3 Å². The van der Waals surface area contributed by atoms with Crippen molar-refractivity contribution in [2.24, 2.45) is 0 Å². The number of thiophene rings is 1. The number of hydrogen-bond acceptors (Lipinski definition) is 5. The minimum Gasteiger partial charge on any atom is -0.372 e. The lowest BCUT2D eigenvalue weighted by atomic mass is 10.2. The predicted molar refractivity (Wildman–Crippen MR) is 96.3 cm³/mol. The molecule has 128 valence electrons. The summed E-state index contributed by atoms with van der Waals surface area (Å²) in [5.74, 6) is 1.00. The van der Waals surface area contributed by atoms with Crippen LogP contribution < -0.4 is 10.2 Å². The summed E-state index contributed by atoms with van der Waals surface area (Å²) in [7, 11) is 0. The quantitative estimate of drug-likeness (QED) is 0.905. The van der Waals surface area contributed by atoms with Gasteiger partial charge in [-0.1, -0.05) is 12.1 Å². The molecule has 1 saturated heterocycles. The molecule has 0 bridgehead atoms. The third-order valence-electron chi connectivity index (χ3n) is 3.96. The Hall–Kier alpha value is -1.92. The van der Waals surface area contributed by atoms with Gasteiger partial charge in [0.15, 0.2) is 0 Å². The summed E-state index contributed by atoms with van der Waals surface area (Å²) in [4.78, 5) is 19.8. The van der Waals surface area contributed by atoms with Crippen molar-refractivity contribution in [3.8, 4) is 0 Å². The maximum atomic E-state index is 11.9. The van der Waals surface area contributed by atoms with Gasteiger partial charge in [-0.05, 0) is 36.9 Å². The van der Waals surface area contributed by atoms with Crippen LogP contribution in [-0.2, 0) is 22.5 Å². The van der Waals surface area contributed by atoms with Gasteiger partial charge < -0.3 is 15.0 Å². The molecule has 1 aliphatic heterocycles. The highest BCUT2D eigenvalue weighted by molar-refractivity contribution is 7.10. The molecule has 0 aliphatic carbocycles. The smallest absolute Gasteiger partial charge is 0.225 e. The normalized spacial score (nSPS) is 20.8. The third kappa shape index (κ3) is 4.55. The van der Waals surface area contributed by atoms with Crippen molar-refractivity contribution in [2.75, 3.05) is 18.0 Å². The van der Waals surface area contributed by atoms with Crippen molar-refractivity contribution in [1.82, 2.24) is 10.3 Å². The largest absolute Gasteiger partial charge is 0.372 e. The van der Waals surface area contributed by atoms with Gasteiger partial charge in [0.2, 0.25) is 5.91 Å². The number of nitrogens with one attached hydrogen (secondary N) is 1. The molecule has 2 atom stereocenters. The number of aromatic nitrogens is 1. The van der Waals surface area contributed by atoms with Gasteiger partial charge in [0, 0.05) is 30.7 Å². The molecule has 0 spiro atoms. The standard InChI is InChI=1S/C18H23N3O2S/c1-13-11-21(12-14(2)23-13)17-6-5-15(9-19-17)10-20-18(22)8-16-4-3-7-24-16/h3-7,9,13-14H,8,10-12H2,1-2H3,(H,20,22). The van der Waals surface area contributed by atoms with Crippen LogP contribution in [0.4, 0.5) is 5.82 Å². The van der Waals surface area contributed by atoms with Gasteiger partial charge in [-0.3, -0.25) is 4.79 Å². The molecule has 24 heavy (non-hydrogen) atoms. The molecule has 3 rings (SSSR count). The average molecular weight is 345 g/mol. The second-order valence-electron chi connectivity index (χ2n) is 6.22. The maximum Gasteiger partial charge on any atom is 0.225 e. The molecular formula is C18H23N3O2S. The van der Waals surface area contributed by atoms with E-state index < -0.39 is 0 Å². The van der Waals surface area contributed by atoms with E-state index in [4.69, 9.17) is 4.74 Å². The first kappa shape index (κ1) is 16.9. The highest BCUT2D eigenvalue weighted by Crippen LogP contribution is 2.18. The Labute approximate surface area is 146 Å². The zero-order valence-corrected chi connectivity index (χ0v) is 14.9. The van der Waals surface area contributed by atoms with Crippen LogP contribution in [0.15, 0.2) is 35.8 Å². The van der Waals surface area contributed by atoms with E-state index in [0.29, 0.717) is 13.0 Å². The Morgan fingerprint density at radius 1 is 1.33 bits per heavy atom. The fourth-order valence-corrected chi connectivity index (χ4v) is 3.61. The van der Waals surface area contributed by atoms with Crippen LogP contribution in [0.5, 0.6) is 0 Å². The van der Waals surface area contributed by atoms with Crippen molar-refractivity contribution in [2.45, 2.75) is 39.0 Å². The van der Waals surface area contributed by atoms with Crippen LogP contribution in [0.25, 0.3) is 0 Å². The number of hydrogen-bond donors (Lipinski definition) is 1. The number of carbonyl (C=O) groups excluding carboxylic acids is 1. The number of pyridine rings is 1. The first-order chi connectivity index (χ1) is 11.6. The minimum absolute atomic E-state index is 0.0392. The Kier molecular flexibility index (Phi) is 5.48. The molecular weight excluding hydrogens is 322 g/mol. The number of ether oxygens (including phenoxy) is 1. The highest BCUT2D eigenvalue weighted by Gasteiger charge is 2.22. The summed E-state index contributed by atoms with van der Waals surface area (Å²) in [6.45, 7) is 6.39. The van der Waals surface area contributed by atoms with Crippen LogP contribution in [0.2, 0.25) is 0 Å². The Balaban J connectivity index is 1.52. The number of nitrogens with zero attached hydrogens (tertiary/aromatic N) is 2. The lowest BCUT2D eigenvalue weighted by Gasteiger charge is -2.36. The van der Waals surface area contributed by atoms with E-state index in [1.54, 1.807) is 11.3 Å². The lowest BCUT2D eigenvalue weighted by Crippen LogP contribution is -2.45. The lowest BCUT2D eigenvalue weighted by molar-refractivity contribution is -0.120. The minimum atomic E-state index is 0.0392. The summed E-state index contributed by atoms with van der Waals surface area (Å²) in [5, 5.41) is 4.93. The van der Waals surface area contributed by atoms with Gasteiger partial charge >= 0.3 is 0 Å². The molecule has 2 unspecified atom stereocenters. The van der Waals surface area contributed by atoms with Crippen LogP contribution in [-0.4, -0.2) is 36.2 Å².